The number of thiol groups is 1. The third-order valence-electron chi connectivity index (χ3n) is 10.2. The molecule has 0 N–H and O–H groups in total. The number of hydrogen-bond acceptors (Lipinski definition) is 2. The summed E-state index contributed by atoms with van der Waals surface area (Å²) >= 11 is 6.88. The molecule has 0 saturated heterocycles. The Kier molecular flexibility index (Phi) is 11.3. The predicted octanol–water partition coefficient (Wildman–Crippen LogP) is 15.6. The van der Waals surface area contributed by atoms with Gasteiger partial charge in [-0.15, -0.1) is 0 Å². The number of benzene rings is 10. The molecule has 0 heterocycles. The van der Waals surface area contributed by atoms with Crippen LogP contribution in [0.25, 0.3) is 87.6 Å². The zero-order valence-electron chi connectivity index (χ0n) is 30.6. The van der Waals surface area contributed by atoms with Gasteiger partial charge in [-0.2, -0.15) is 0 Å². The number of hydrogen-bond donors (Lipinski definition) is 1. The van der Waals surface area contributed by atoms with Crippen LogP contribution in [0.5, 0.6) is 0 Å². The Morgan fingerprint density at radius 2 is 0.518 bits per heavy atom. The van der Waals surface area contributed by atoms with E-state index in [0.29, 0.717) is 0 Å². The third-order valence-corrected chi connectivity index (χ3v) is 10.7. The van der Waals surface area contributed by atoms with Crippen LogP contribution in [0.2, 0.25) is 0 Å². The summed E-state index contributed by atoms with van der Waals surface area (Å²) in [6.45, 7) is 0. The topological polar surface area (TPSA) is 12.4 Å². The minimum absolute atomic E-state index is 1.10. The van der Waals surface area contributed by atoms with Crippen molar-refractivity contribution in [2.24, 2.45) is 4.30 Å². The number of halogens is 1. The molecule has 1 nitrogen and oxygen atoms in total. The van der Waals surface area contributed by atoms with Gasteiger partial charge < -0.3 is 0 Å². The SMILES string of the molecule is Brc1ccc2c(-c3ccccc3)c3ccccc3c(-c3ccccc3)c2c1.[B]=NS.c1ccc(-c2c3ccccc3c(-c3ccccc3)c3ccccc23)cc1. The zero-order chi connectivity index (χ0) is 38.3. The Bertz CT molecular complexity index is 2780. The van der Waals surface area contributed by atoms with E-state index in [1.807, 2.05) is 0 Å². The maximum absolute atomic E-state index is 4.34. The molecule has 10 aromatic carbocycles. The molecule has 0 fully saturated rings. The summed E-state index contributed by atoms with van der Waals surface area (Å²) in [5.74, 6) is 0. The van der Waals surface area contributed by atoms with E-state index in [4.69, 9.17) is 0 Å². The van der Waals surface area contributed by atoms with Gasteiger partial charge in [0.05, 0.1) is 0 Å². The van der Waals surface area contributed by atoms with Crippen molar-refractivity contribution in [2.75, 3.05) is 0 Å². The largest absolute Gasteiger partial charge is 0.0622 e. The van der Waals surface area contributed by atoms with Crippen LogP contribution in [0.3, 0.4) is 0 Å². The predicted molar refractivity (Wildman–Crippen MR) is 250 cm³/mol. The minimum Gasteiger partial charge on any atom is -0.0622 e. The molecule has 56 heavy (non-hydrogen) atoms. The van der Waals surface area contributed by atoms with E-state index in [1.165, 1.54) is 87.6 Å². The molecule has 10 aromatic rings. The van der Waals surface area contributed by atoms with E-state index in [0.717, 1.165) is 4.47 Å². The number of rotatable bonds is 4. The van der Waals surface area contributed by atoms with Gasteiger partial charge in [0.2, 0.25) is 0 Å². The van der Waals surface area contributed by atoms with E-state index in [1.54, 1.807) is 0 Å². The molecule has 0 unspecified atom stereocenters. The third kappa shape index (κ3) is 7.34. The molecule has 0 aromatic heterocycles. The summed E-state index contributed by atoms with van der Waals surface area (Å²) < 4.78 is 3.79. The molecular formula is C52H36BBrNS. The van der Waals surface area contributed by atoms with Crippen molar-refractivity contribution in [1.82, 2.24) is 0 Å². The second-order valence-electron chi connectivity index (χ2n) is 13.4. The molecule has 0 amide bonds. The molecule has 4 heteroatoms. The monoisotopic (exact) mass is 796 g/mol. The Labute approximate surface area is 343 Å². The average molecular weight is 798 g/mol. The molecule has 10 rings (SSSR count). The van der Waals surface area contributed by atoms with E-state index >= 15 is 0 Å². The normalized spacial score (nSPS) is 10.7. The molecule has 0 aliphatic carbocycles. The maximum atomic E-state index is 4.34. The standard InChI is InChI=1S/C26H17Br.C26H18.BHNS/c27-20-15-16-23-24(17-20)26(19-11-5-2-6-12-19)22-14-8-7-13-21(22)25(23)18-9-3-1-4-10-18;1-3-11-19(12-4-1)25-21-15-7-9-17-23(21)26(20-13-5-2-6-14-20)24-18-10-8-16-22(24)25;1-2-3/h1-17H;1-18H;3H. The Morgan fingerprint density at radius 1 is 0.304 bits per heavy atom. The first kappa shape index (κ1) is 36.9. The van der Waals surface area contributed by atoms with Crippen molar-refractivity contribution >= 4 is 79.5 Å². The van der Waals surface area contributed by atoms with Crippen molar-refractivity contribution in [2.45, 2.75) is 0 Å². The Hall–Kier alpha value is -6.07. The van der Waals surface area contributed by atoms with Crippen molar-refractivity contribution < 1.29 is 0 Å². The molecular weight excluding hydrogens is 761 g/mol. The van der Waals surface area contributed by atoms with Gasteiger partial charge in [-0.25, -0.2) is 0 Å². The van der Waals surface area contributed by atoms with Gasteiger partial charge in [0.25, 0.3) is 0 Å². The molecule has 0 bridgehead atoms. The first-order valence-electron chi connectivity index (χ1n) is 18.5. The molecule has 265 valence electrons. The number of nitrogens with zero attached hydrogens (tertiary/aromatic N) is 1. The van der Waals surface area contributed by atoms with Crippen molar-refractivity contribution in [3.05, 3.63) is 217 Å². The van der Waals surface area contributed by atoms with Gasteiger partial charge in [0.15, 0.2) is 0 Å². The van der Waals surface area contributed by atoms with Gasteiger partial charge >= 0.3 is 24.8 Å². The fourth-order valence-electron chi connectivity index (χ4n) is 7.94. The van der Waals surface area contributed by atoms with Crippen LogP contribution in [0.15, 0.2) is 221 Å². The fraction of sp³-hybridized carbons (Fsp3) is 0. The minimum atomic E-state index is 1.10. The van der Waals surface area contributed by atoms with Crippen molar-refractivity contribution in [1.29, 1.82) is 0 Å². The van der Waals surface area contributed by atoms with Crippen LogP contribution in [0.1, 0.15) is 0 Å². The van der Waals surface area contributed by atoms with Gasteiger partial charge in [0.1, 0.15) is 0 Å². The van der Waals surface area contributed by atoms with Crippen LogP contribution in [-0.2, 0) is 0 Å². The summed E-state index contributed by atoms with van der Waals surface area (Å²) in [6, 6.07) is 75.7. The molecule has 0 aliphatic rings. The van der Waals surface area contributed by atoms with E-state index in [-0.39, 0.29) is 0 Å². The van der Waals surface area contributed by atoms with E-state index < -0.39 is 0 Å². The van der Waals surface area contributed by atoms with Crippen LogP contribution in [0, 0.1) is 0 Å². The Morgan fingerprint density at radius 3 is 0.786 bits per heavy atom. The second-order valence-corrected chi connectivity index (χ2v) is 14.6. The summed E-state index contributed by atoms with van der Waals surface area (Å²) in [7, 11) is 4.34. The zero-order valence-corrected chi connectivity index (χ0v) is 33.0. The van der Waals surface area contributed by atoms with Gasteiger partial charge in [-0.05, 0) is 99.7 Å². The summed E-state index contributed by atoms with van der Waals surface area (Å²) in [5, 5.41) is 10.3. The summed E-state index contributed by atoms with van der Waals surface area (Å²) in [4.78, 5) is 0. The quantitative estimate of drug-likeness (QED) is 0.103. The van der Waals surface area contributed by atoms with Gasteiger partial charge in [-0.1, -0.05) is 216 Å². The van der Waals surface area contributed by atoms with Crippen molar-refractivity contribution in [3.63, 3.8) is 0 Å². The Balaban J connectivity index is 0.000000147. The summed E-state index contributed by atoms with van der Waals surface area (Å²) in [5.41, 5.74) is 10.2. The molecule has 0 spiro atoms. The molecule has 1 radical (unpaired) electrons. The smallest absolute Gasteiger partial charge is 0.00264 e. The number of fused-ring (bicyclic) bond motifs is 4. The first-order chi connectivity index (χ1) is 27.7. The molecule has 0 aliphatic heterocycles. The second kappa shape index (κ2) is 17.2. The van der Waals surface area contributed by atoms with Crippen LogP contribution in [0.4, 0.5) is 0 Å². The summed E-state index contributed by atoms with van der Waals surface area (Å²) in [6.07, 6.45) is 0. The molecule has 0 saturated carbocycles. The van der Waals surface area contributed by atoms with Crippen LogP contribution >= 0.6 is 28.7 Å². The van der Waals surface area contributed by atoms with Crippen LogP contribution in [-0.4, -0.2) is 7.64 Å². The van der Waals surface area contributed by atoms with Gasteiger partial charge in [0, 0.05) is 4.47 Å². The molecule has 0 atom stereocenters. The van der Waals surface area contributed by atoms with E-state index in [9.17, 15) is 0 Å². The maximum Gasteiger partial charge on any atom is -0.00264 e. The van der Waals surface area contributed by atoms with Crippen LogP contribution < -0.4 is 0 Å². The fourth-order valence-corrected chi connectivity index (χ4v) is 8.30. The average Bonchev–Trinajstić information content (AvgIpc) is 3.26. The first-order valence-corrected chi connectivity index (χ1v) is 19.7. The van der Waals surface area contributed by atoms with E-state index in [2.05, 4.69) is 253 Å². The van der Waals surface area contributed by atoms with Gasteiger partial charge in [-0.3, -0.25) is 0 Å². The van der Waals surface area contributed by atoms with Crippen molar-refractivity contribution in [3.8, 4) is 44.5 Å².